The lowest BCUT2D eigenvalue weighted by molar-refractivity contribution is 2.50. The highest BCUT2D eigenvalue weighted by Crippen LogP contribution is 0.189. The lowest BCUT2D eigenvalue weighted by Gasteiger charge is -0.0786. The minimum absolute atomic E-state index is 0. The molecule has 0 aromatic carbocycles. The van der Waals surface area contributed by atoms with Crippen LogP contribution in [-0.2, 0) is 0 Å². The maximum atomic E-state index is 0. The molecule has 0 nitrogen and oxygen atoms in total. The summed E-state index contributed by atoms with van der Waals surface area (Å²) in [6.45, 7) is 0. The highest BCUT2D eigenvalue weighted by Gasteiger charge is -0.0326. The van der Waals surface area contributed by atoms with Gasteiger partial charge in [0.2, 0.25) is 0 Å². The summed E-state index contributed by atoms with van der Waals surface area (Å²) in [6, 6.07) is 0. The van der Waals surface area contributed by atoms with Gasteiger partial charge < -0.3 is 0 Å². The second kappa shape index (κ2) is 0. The lowest BCUT2D eigenvalue weighted by Crippen LogP contribution is 0.143. The average Bonchev–Trinajstić information content (AvgIpc) is 0. The molecule has 0 bridgehead atoms. The van der Waals surface area contributed by atoms with Gasteiger partial charge in [-0.15, -0.1) is 0 Å². The van der Waals surface area contributed by atoms with Gasteiger partial charge in [-0.1, -0.05) is 342 Å². The molecule has 0 aromatic heterocycles. The second-order valence-corrected chi connectivity index (χ2v) is 0. The van der Waals surface area contributed by atoms with Crippen LogP contribution in [0.4, 0.5) is 0 Å². The van der Waals surface area contributed by atoms with Crippen LogP contribution in [0, 0.1) is 0 Å². The maximum absolute atomic E-state index is 0. The van der Waals surface area contributed by atoms with Crippen LogP contribution in [0.2, 0.25) is 0 Å². The molecule has 0 N–H and O–H groups in total. The molecule has 0 aliphatic heterocycles. The summed E-state index contributed by atoms with van der Waals surface area (Å²) in [5.74, 6) is 0. The average molecular weight is 738 g/mol. The van der Waals surface area contributed by atoms with Crippen molar-refractivity contribution in [2.45, 2.75) is 342 Å². The molecule has 0 saturated carbocycles. The van der Waals surface area contributed by atoms with E-state index in [4.69, 9.17) is 0 Å². The predicted octanol–water partition coefficient (Wildman–Crippen LogP) is 29.3. The molecular weight excluding hydrogens is 553 g/mol. The van der Waals surface area contributed by atoms with Gasteiger partial charge in [-0.3, -0.25) is 0 Å². The van der Waals surface area contributed by atoms with E-state index in [0.29, 0.717) is 0 Å². The molecule has 0 spiro atoms. The van der Waals surface area contributed by atoms with Crippen LogP contribution in [0.1, 0.15) is 342 Å². The lowest BCUT2D eigenvalue weighted by atomic mass is 12.0. The fraction of sp³-hybridized carbons (Fsp3) is 1.00. The van der Waals surface area contributed by atoms with E-state index in [2.05, 4.69) is 0 Å². The van der Waals surface area contributed by atoms with Crippen molar-refractivity contribution >= 4 is 0 Å². The zero-order valence-corrected chi connectivity index (χ0v) is 0. The van der Waals surface area contributed by atoms with Crippen molar-refractivity contribution in [1.29, 1.82) is 0 Å². The summed E-state index contributed by atoms with van der Waals surface area (Å²) in [4.78, 5) is 0. The molecule has 0 radical (unpaired) electrons. The zero-order chi connectivity index (χ0) is 0. The van der Waals surface area contributed by atoms with E-state index in [9.17, 15) is 0 Å². The highest BCUT2D eigenvalue weighted by atomic mass is 12.1. The number of hydrogen-bond donors (Lipinski definition) is 0. The van der Waals surface area contributed by atoms with Crippen LogP contribution in [0.5, 0.6) is 0 Å². The van der Waals surface area contributed by atoms with E-state index >= 15 is 0 Å². The number of rotatable bonds is 0. The molecule has 0 unspecified atom stereocenters. The minimum Gasteiger partial charge on any atom is -0.0776 e. The number of hydrogen-bond acceptors (Lipinski definition) is 0. The third-order valence-corrected chi connectivity index (χ3v) is 0. The Bertz CT molecular complexity index is 0. The first-order valence-corrected chi connectivity index (χ1v) is 0. The molecule has 0 aromatic rings. The van der Waals surface area contributed by atoms with Gasteiger partial charge in [0.1, 0.15) is 0 Å². The normalized spacial score (nSPS) is 0. The topological polar surface area (TPSA) is 0 Å². The molecule has 0 amide bonds. The van der Waals surface area contributed by atoms with Crippen molar-refractivity contribution in [3.63, 3.8) is 0 Å². The second-order valence-electron chi connectivity index (χ2n) is 0. The van der Waals surface area contributed by atoms with Crippen LogP contribution >= 0.6 is 0 Å². The first-order chi connectivity index (χ1) is 0. The van der Waals surface area contributed by atoms with Crippen LogP contribution in [-0.4, -0.2) is 0 Å². The fourth-order valence-corrected chi connectivity index (χ4v) is 0. The van der Waals surface area contributed by atoms with E-state index in [-0.39, 0.29) is 342 Å². The van der Waals surface area contributed by atoms with Gasteiger partial charge in [0.15, 0.2) is 0 Å². The Morgan fingerprint density at radius 1 is 0.0217 bits per heavy atom. The van der Waals surface area contributed by atoms with Gasteiger partial charge in [-0.25, -0.2) is 0 Å². The third-order valence-electron chi connectivity index (χ3n) is 0. The summed E-state index contributed by atoms with van der Waals surface area (Å²) in [5, 5.41) is 0. The Kier molecular flexibility index (Phi) is 0. The Labute approximate surface area is 340 Å². The van der Waals surface area contributed by atoms with Crippen LogP contribution in [0.25, 0.3) is 0 Å². The molecule has 0 fully saturated rings. The summed E-state index contributed by atoms with van der Waals surface area (Å²) in [5.41, 5.74) is 0. The standard InChI is InChI=1S/46CH4/h46*1H4. The molecule has 0 rings (SSSR count). The fourth-order valence-electron chi connectivity index (χ4n) is 0. The van der Waals surface area contributed by atoms with Crippen molar-refractivity contribution in [2.75, 3.05) is 0 Å². The Morgan fingerprint density at radius 3 is 0.0217 bits per heavy atom. The highest BCUT2D eigenvalue weighted by molar-refractivity contribution is 2.55. The van der Waals surface area contributed by atoms with E-state index in [0.717, 1.165) is 0 Å². The molecular formula is C46H184. The van der Waals surface area contributed by atoms with Gasteiger partial charge in [-0.05, 0) is 0 Å². The molecule has 0 saturated heterocycles. The van der Waals surface area contributed by atoms with Crippen LogP contribution in [0.15, 0.2) is 0 Å². The van der Waals surface area contributed by atoms with E-state index in [1.165, 1.54) is 0 Å². The minimum atomic E-state index is 0. The molecule has 0 heterocycles. The molecule has 0 aliphatic carbocycles. The predicted molar refractivity (Wildman–Crippen MR) is 310 cm³/mol. The van der Waals surface area contributed by atoms with Crippen molar-refractivity contribution in [3.8, 4) is 0 Å². The Morgan fingerprint density at radius 2 is 0.0217 bits per heavy atom. The Hall–Kier alpha value is 0. The first-order valence-electron chi connectivity index (χ1n) is 0. The first kappa shape index (κ1) is 0. The van der Waals surface area contributed by atoms with Gasteiger partial charge in [0.25, 0.3) is 0 Å². The van der Waals surface area contributed by atoms with Crippen molar-refractivity contribution in [2.24, 2.45) is 0 Å². The van der Waals surface area contributed by atoms with E-state index in [1.807, 2.05) is 0 Å². The van der Waals surface area contributed by atoms with Gasteiger partial charge in [0.05, 0.1) is 0 Å². The van der Waals surface area contributed by atoms with Crippen LogP contribution < -0.4 is 0 Å². The molecule has 368 valence electrons. The quantitative estimate of drug-likeness (QED) is 0.232. The van der Waals surface area contributed by atoms with Gasteiger partial charge in [-0.2, -0.15) is 0 Å². The molecule has 0 heteroatoms. The van der Waals surface area contributed by atoms with E-state index < -0.39 is 0 Å². The summed E-state index contributed by atoms with van der Waals surface area (Å²) in [6.07, 6.45) is 0. The van der Waals surface area contributed by atoms with Crippen molar-refractivity contribution < 1.29 is 0 Å². The largest absolute Gasteiger partial charge is 0.0776 e. The molecule has 0 atom stereocenters. The van der Waals surface area contributed by atoms with Gasteiger partial charge >= 0.3 is 0 Å². The maximum Gasteiger partial charge on any atom is -0.0776 e. The van der Waals surface area contributed by atoms with Crippen LogP contribution in [0.3, 0.4) is 0 Å². The third kappa shape index (κ3) is 0. The molecule has 46 heavy (non-hydrogen) atoms. The van der Waals surface area contributed by atoms with Crippen molar-refractivity contribution in [3.05, 3.63) is 0 Å². The summed E-state index contributed by atoms with van der Waals surface area (Å²) in [7, 11) is 0. The van der Waals surface area contributed by atoms with Crippen molar-refractivity contribution in [1.82, 2.24) is 0 Å². The van der Waals surface area contributed by atoms with E-state index in [1.54, 1.807) is 0 Å². The molecule has 0 aliphatic rings. The smallest absolute Gasteiger partial charge is 0.0776 e. The summed E-state index contributed by atoms with van der Waals surface area (Å²) < 4.78 is 0. The Balaban J connectivity index is 0. The zero-order valence-electron chi connectivity index (χ0n) is 0. The summed E-state index contributed by atoms with van der Waals surface area (Å²) >= 11 is 0. The van der Waals surface area contributed by atoms with Gasteiger partial charge in [0, 0.05) is 0 Å². The SMILES string of the molecule is C.C.C.C.C.C.C.C.C.C.C.C.C.C.C.C.C.C.C.C.C.C.C.C.C.C.C.C.C.C.C.C.C.C.C.C.C.C.C.C.C.C.C.C.C.C. The monoisotopic (exact) mass is 737 g/mol.